The van der Waals surface area contributed by atoms with Crippen molar-refractivity contribution in [3.63, 3.8) is 0 Å². The molecule has 3 nitrogen and oxygen atoms in total. The van der Waals surface area contributed by atoms with E-state index < -0.39 is 0 Å². The number of aromatic nitrogens is 1. The van der Waals surface area contributed by atoms with Gasteiger partial charge in [-0.3, -0.25) is 0 Å². The van der Waals surface area contributed by atoms with Crippen LogP contribution in [0.15, 0.2) is 18.3 Å². The second-order valence-electron chi connectivity index (χ2n) is 2.68. The van der Waals surface area contributed by atoms with Crippen LogP contribution in [-0.4, -0.2) is 11.2 Å². The summed E-state index contributed by atoms with van der Waals surface area (Å²) in [6.07, 6.45) is 4.09. The van der Waals surface area contributed by atoms with Crippen LogP contribution in [0.2, 0.25) is 0 Å². The van der Waals surface area contributed by atoms with Gasteiger partial charge in [-0.25, -0.2) is 4.98 Å². The maximum absolute atomic E-state index is 8.59. The van der Waals surface area contributed by atoms with Gasteiger partial charge in [0.25, 0.3) is 0 Å². The van der Waals surface area contributed by atoms with E-state index in [1.165, 1.54) is 0 Å². The summed E-state index contributed by atoms with van der Waals surface area (Å²) in [5.41, 5.74) is 1.41. The minimum atomic E-state index is 0.153. The van der Waals surface area contributed by atoms with E-state index in [9.17, 15) is 0 Å². The summed E-state index contributed by atoms with van der Waals surface area (Å²) in [7, 11) is 0. The van der Waals surface area contributed by atoms with E-state index in [2.05, 4.69) is 11.1 Å². The van der Waals surface area contributed by atoms with Gasteiger partial charge < -0.3 is 0 Å². The van der Waals surface area contributed by atoms with Crippen molar-refractivity contribution in [3.05, 3.63) is 29.6 Å². The first-order valence-electron chi connectivity index (χ1n) is 4.07. The molecule has 0 aliphatic heterocycles. The zero-order chi connectivity index (χ0) is 10.4. The Hall–Kier alpha value is -1.52. The summed E-state index contributed by atoms with van der Waals surface area (Å²) in [5, 5.41) is 17.3. The maximum atomic E-state index is 8.59. The molecule has 0 aromatic carbocycles. The minimum absolute atomic E-state index is 0.153. The predicted octanol–water partition coefficient (Wildman–Crippen LogP) is 2.27. The Balaban J connectivity index is 2.86. The molecule has 1 aromatic heterocycles. The summed E-state index contributed by atoms with van der Waals surface area (Å²) in [6.45, 7) is 0. The van der Waals surface area contributed by atoms with E-state index in [1.54, 1.807) is 24.0 Å². The van der Waals surface area contributed by atoms with E-state index in [4.69, 9.17) is 10.5 Å². The van der Waals surface area contributed by atoms with Gasteiger partial charge in [0.2, 0.25) is 0 Å². The quantitative estimate of drug-likeness (QED) is 0.756. The number of hydrogen-bond donors (Lipinski definition) is 0. The first kappa shape index (κ1) is 10.6. The van der Waals surface area contributed by atoms with Crippen molar-refractivity contribution in [2.24, 2.45) is 0 Å². The second-order valence-corrected chi connectivity index (χ2v) is 3.72. The zero-order valence-electron chi connectivity index (χ0n) is 7.77. The average Bonchev–Trinajstić information content (AvgIpc) is 2.26. The SMILES string of the molecule is CSC(CC#N)c1ccc(C#N)nc1. The van der Waals surface area contributed by atoms with E-state index in [0.717, 1.165) is 5.56 Å². The Morgan fingerprint density at radius 1 is 1.50 bits per heavy atom. The molecule has 0 amide bonds. The summed E-state index contributed by atoms with van der Waals surface area (Å²) in [4.78, 5) is 3.96. The van der Waals surface area contributed by atoms with Gasteiger partial charge >= 0.3 is 0 Å². The standard InChI is InChI=1S/C10H9N3S/c1-14-10(4-5-11)8-2-3-9(6-12)13-7-8/h2-3,7,10H,4H2,1H3. The third kappa shape index (κ3) is 2.48. The average molecular weight is 203 g/mol. The van der Waals surface area contributed by atoms with Crippen molar-refractivity contribution in [2.45, 2.75) is 11.7 Å². The molecule has 0 aliphatic carbocycles. The van der Waals surface area contributed by atoms with Crippen molar-refractivity contribution >= 4 is 11.8 Å². The lowest BCUT2D eigenvalue weighted by atomic mass is 10.1. The van der Waals surface area contributed by atoms with E-state index >= 15 is 0 Å². The van der Waals surface area contributed by atoms with Gasteiger partial charge in [-0.05, 0) is 17.9 Å². The molecule has 0 saturated carbocycles. The molecule has 0 radical (unpaired) electrons. The lowest BCUT2D eigenvalue weighted by Gasteiger charge is -2.09. The van der Waals surface area contributed by atoms with Crippen molar-refractivity contribution in [2.75, 3.05) is 6.26 Å². The fraction of sp³-hybridized carbons (Fsp3) is 0.300. The topological polar surface area (TPSA) is 60.5 Å². The first-order valence-corrected chi connectivity index (χ1v) is 5.36. The fourth-order valence-corrected chi connectivity index (χ4v) is 1.73. The van der Waals surface area contributed by atoms with Crippen LogP contribution in [0, 0.1) is 22.7 Å². The smallest absolute Gasteiger partial charge is 0.140 e. The van der Waals surface area contributed by atoms with E-state index in [0.29, 0.717) is 12.1 Å². The third-order valence-electron chi connectivity index (χ3n) is 1.83. The van der Waals surface area contributed by atoms with Crippen LogP contribution in [0.1, 0.15) is 22.9 Å². The van der Waals surface area contributed by atoms with E-state index in [-0.39, 0.29) is 5.25 Å². The van der Waals surface area contributed by atoms with Crippen LogP contribution in [0.25, 0.3) is 0 Å². The van der Waals surface area contributed by atoms with Gasteiger partial charge in [0.15, 0.2) is 0 Å². The lowest BCUT2D eigenvalue weighted by molar-refractivity contribution is 0.967. The molecular formula is C10H9N3S. The summed E-state index contributed by atoms with van der Waals surface area (Å²) in [6, 6.07) is 7.62. The Labute approximate surface area is 87.4 Å². The van der Waals surface area contributed by atoms with E-state index in [1.807, 2.05) is 18.4 Å². The summed E-state index contributed by atoms with van der Waals surface area (Å²) < 4.78 is 0. The molecule has 0 fully saturated rings. The number of nitrogens with zero attached hydrogens (tertiary/aromatic N) is 3. The molecule has 0 bridgehead atoms. The molecule has 1 heterocycles. The van der Waals surface area contributed by atoms with Gasteiger partial charge in [0, 0.05) is 11.4 Å². The highest BCUT2D eigenvalue weighted by Crippen LogP contribution is 2.28. The number of thioether (sulfide) groups is 1. The molecular weight excluding hydrogens is 194 g/mol. The Morgan fingerprint density at radius 3 is 2.71 bits per heavy atom. The molecule has 1 atom stereocenters. The minimum Gasteiger partial charge on any atom is -0.245 e. The molecule has 4 heteroatoms. The molecule has 70 valence electrons. The Morgan fingerprint density at radius 2 is 2.29 bits per heavy atom. The van der Waals surface area contributed by atoms with Crippen molar-refractivity contribution in [3.8, 4) is 12.1 Å². The molecule has 0 aliphatic rings. The fourth-order valence-electron chi connectivity index (χ4n) is 1.08. The van der Waals surface area contributed by atoms with Crippen LogP contribution in [0.3, 0.4) is 0 Å². The number of hydrogen-bond acceptors (Lipinski definition) is 4. The predicted molar refractivity (Wildman–Crippen MR) is 55.4 cm³/mol. The molecule has 1 aromatic rings. The zero-order valence-corrected chi connectivity index (χ0v) is 8.58. The van der Waals surface area contributed by atoms with Crippen LogP contribution >= 0.6 is 11.8 Å². The summed E-state index contributed by atoms with van der Waals surface area (Å²) >= 11 is 1.62. The highest BCUT2D eigenvalue weighted by atomic mass is 32.2. The van der Waals surface area contributed by atoms with Gasteiger partial charge in [0.1, 0.15) is 11.8 Å². The highest BCUT2D eigenvalue weighted by molar-refractivity contribution is 7.98. The van der Waals surface area contributed by atoms with Crippen molar-refractivity contribution in [1.29, 1.82) is 10.5 Å². The molecule has 0 N–H and O–H groups in total. The first-order chi connectivity index (χ1) is 6.81. The third-order valence-corrected chi connectivity index (χ3v) is 2.84. The van der Waals surface area contributed by atoms with Crippen molar-refractivity contribution < 1.29 is 0 Å². The van der Waals surface area contributed by atoms with Crippen molar-refractivity contribution in [1.82, 2.24) is 4.98 Å². The largest absolute Gasteiger partial charge is 0.245 e. The molecule has 1 rings (SSSR count). The molecule has 0 saturated heterocycles. The summed E-state index contributed by atoms with van der Waals surface area (Å²) in [5.74, 6) is 0. The second kappa shape index (κ2) is 5.26. The number of rotatable bonds is 3. The number of pyridine rings is 1. The Kier molecular flexibility index (Phi) is 3.97. The van der Waals surface area contributed by atoms with Gasteiger partial charge in [0.05, 0.1) is 12.5 Å². The molecule has 0 spiro atoms. The van der Waals surface area contributed by atoms with Gasteiger partial charge in [-0.1, -0.05) is 6.07 Å². The van der Waals surface area contributed by atoms with Gasteiger partial charge in [-0.15, -0.1) is 0 Å². The maximum Gasteiger partial charge on any atom is 0.140 e. The monoisotopic (exact) mass is 203 g/mol. The Bertz CT molecular complexity index is 372. The van der Waals surface area contributed by atoms with Crippen LogP contribution in [-0.2, 0) is 0 Å². The highest BCUT2D eigenvalue weighted by Gasteiger charge is 2.09. The van der Waals surface area contributed by atoms with Crippen LogP contribution in [0.4, 0.5) is 0 Å². The lowest BCUT2D eigenvalue weighted by Crippen LogP contribution is -1.94. The molecule has 14 heavy (non-hydrogen) atoms. The van der Waals surface area contributed by atoms with Gasteiger partial charge in [-0.2, -0.15) is 22.3 Å². The molecule has 1 unspecified atom stereocenters. The number of nitriles is 2. The van der Waals surface area contributed by atoms with Crippen LogP contribution in [0.5, 0.6) is 0 Å². The normalized spacial score (nSPS) is 11.4. The van der Waals surface area contributed by atoms with Crippen LogP contribution < -0.4 is 0 Å².